The van der Waals surface area contributed by atoms with E-state index in [2.05, 4.69) is 20.9 Å². The SMILES string of the molecule is CN=C(NCC(=O)NC(C)(C)C)NC(C)c1ccc(C)c(F)c1. The highest BCUT2D eigenvalue weighted by Gasteiger charge is 2.14. The van der Waals surface area contributed by atoms with Crippen LogP contribution in [0, 0.1) is 12.7 Å². The van der Waals surface area contributed by atoms with E-state index in [1.54, 1.807) is 20.0 Å². The third-order valence-corrected chi connectivity index (χ3v) is 3.20. The fourth-order valence-corrected chi connectivity index (χ4v) is 1.99. The Morgan fingerprint density at radius 2 is 2.00 bits per heavy atom. The van der Waals surface area contributed by atoms with E-state index in [1.165, 1.54) is 6.07 Å². The molecule has 1 amide bonds. The standard InChI is InChI=1S/C17H27FN4O/c1-11-7-8-13(9-14(11)18)12(2)21-16(19-6)20-10-15(23)22-17(3,4)5/h7-9,12H,10H2,1-6H3,(H,22,23)(H2,19,20,21). The summed E-state index contributed by atoms with van der Waals surface area (Å²) in [5.74, 6) is 0.140. The molecular weight excluding hydrogens is 295 g/mol. The first kappa shape index (κ1) is 18.9. The number of halogens is 1. The highest BCUT2D eigenvalue weighted by molar-refractivity contribution is 5.86. The van der Waals surface area contributed by atoms with Crippen LogP contribution >= 0.6 is 0 Å². The van der Waals surface area contributed by atoms with Crippen LogP contribution in [0.1, 0.15) is 44.9 Å². The van der Waals surface area contributed by atoms with E-state index in [1.807, 2.05) is 33.8 Å². The minimum Gasteiger partial charge on any atom is -0.350 e. The van der Waals surface area contributed by atoms with Crippen molar-refractivity contribution in [3.05, 3.63) is 35.1 Å². The summed E-state index contributed by atoms with van der Waals surface area (Å²) in [6, 6.07) is 4.99. The van der Waals surface area contributed by atoms with Crippen molar-refractivity contribution >= 4 is 11.9 Å². The molecule has 1 rings (SSSR count). The summed E-state index contributed by atoms with van der Waals surface area (Å²) in [6.07, 6.45) is 0. The predicted molar refractivity (Wildman–Crippen MR) is 91.9 cm³/mol. The molecule has 0 aliphatic rings. The quantitative estimate of drug-likeness (QED) is 0.588. The molecule has 1 atom stereocenters. The van der Waals surface area contributed by atoms with Gasteiger partial charge in [0.05, 0.1) is 12.6 Å². The second-order valence-corrected chi connectivity index (χ2v) is 6.60. The summed E-state index contributed by atoms with van der Waals surface area (Å²) in [7, 11) is 1.62. The maximum absolute atomic E-state index is 13.6. The average molecular weight is 322 g/mol. The van der Waals surface area contributed by atoms with E-state index in [0.29, 0.717) is 11.5 Å². The van der Waals surface area contributed by atoms with Crippen molar-refractivity contribution < 1.29 is 9.18 Å². The Balaban J connectivity index is 2.59. The van der Waals surface area contributed by atoms with Crippen molar-refractivity contribution in [3.63, 3.8) is 0 Å². The zero-order chi connectivity index (χ0) is 17.6. The largest absolute Gasteiger partial charge is 0.350 e. The third-order valence-electron chi connectivity index (χ3n) is 3.20. The zero-order valence-corrected chi connectivity index (χ0v) is 14.7. The van der Waals surface area contributed by atoms with E-state index in [0.717, 1.165) is 5.56 Å². The van der Waals surface area contributed by atoms with Gasteiger partial charge >= 0.3 is 0 Å². The fourth-order valence-electron chi connectivity index (χ4n) is 1.99. The summed E-state index contributed by atoms with van der Waals surface area (Å²) in [4.78, 5) is 15.9. The molecule has 0 saturated heterocycles. The minimum atomic E-state index is -0.275. The second kappa shape index (κ2) is 7.94. The Morgan fingerprint density at radius 1 is 1.35 bits per heavy atom. The molecule has 23 heavy (non-hydrogen) atoms. The number of amides is 1. The van der Waals surface area contributed by atoms with E-state index < -0.39 is 0 Å². The van der Waals surface area contributed by atoms with Crippen molar-refractivity contribution in [1.29, 1.82) is 0 Å². The van der Waals surface area contributed by atoms with Gasteiger partial charge in [0.2, 0.25) is 5.91 Å². The van der Waals surface area contributed by atoms with Crippen LogP contribution in [-0.4, -0.2) is 31.0 Å². The van der Waals surface area contributed by atoms with Gasteiger partial charge in [-0.1, -0.05) is 12.1 Å². The molecule has 3 N–H and O–H groups in total. The number of carbonyl (C=O) groups excluding carboxylic acids is 1. The molecule has 5 nitrogen and oxygen atoms in total. The minimum absolute atomic E-state index is 0.116. The Kier molecular flexibility index (Phi) is 6.54. The van der Waals surface area contributed by atoms with E-state index in [9.17, 15) is 9.18 Å². The van der Waals surface area contributed by atoms with Gasteiger partial charge in [-0.2, -0.15) is 0 Å². The molecule has 0 aliphatic carbocycles. The van der Waals surface area contributed by atoms with E-state index in [-0.39, 0.29) is 29.8 Å². The monoisotopic (exact) mass is 322 g/mol. The number of hydrogen-bond donors (Lipinski definition) is 3. The van der Waals surface area contributed by atoms with Crippen LogP contribution in [0.25, 0.3) is 0 Å². The predicted octanol–water partition coefficient (Wildman–Crippen LogP) is 2.27. The van der Waals surface area contributed by atoms with Crippen molar-refractivity contribution in [1.82, 2.24) is 16.0 Å². The summed E-state index contributed by atoms with van der Waals surface area (Å²) >= 11 is 0. The molecule has 0 aromatic heterocycles. The van der Waals surface area contributed by atoms with Gasteiger partial charge in [0, 0.05) is 12.6 Å². The molecule has 1 aromatic carbocycles. The smallest absolute Gasteiger partial charge is 0.239 e. The molecule has 0 heterocycles. The van der Waals surface area contributed by atoms with Crippen LogP contribution in [0.4, 0.5) is 4.39 Å². The number of benzene rings is 1. The van der Waals surface area contributed by atoms with Crippen LogP contribution in [0.5, 0.6) is 0 Å². The van der Waals surface area contributed by atoms with Crippen LogP contribution in [0.15, 0.2) is 23.2 Å². The lowest BCUT2D eigenvalue weighted by Gasteiger charge is -2.22. The lowest BCUT2D eigenvalue weighted by Crippen LogP contribution is -2.48. The topological polar surface area (TPSA) is 65.5 Å². The Hall–Kier alpha value is -2.11. The molecule has 1 unspecified atom stereocenters. The number of nitrogens with one attached hydrogen (secondary N) is 3. The second-order valence-electron chi connectivity index (χ2n) is 6.60. The Labute approximate surface area is 137 Å². The summed E-state index contributed by atoms with van der Waals surface area (Å²) in [6.45, 7) is 9.52. The van der Waals surface area contributed by atoms with Gasteiger partial charge in [0.15, 0.2) is 5.96 Å². The number of aliphatic imine (C=N–C) groups is 1. The lowest BCUT2D eigenvalue weighted by molar-refractivity contribution is -0.121. The highest BCUT2D eigenvalue weighted by atomic mass is 19.1. The first-order chi connectivity index (χ1) is 10.6. The summed E-state index contributed by atoms with van der Waals surface area (Å²) in [5, 5.41) is 8.96. The van der Waals surface area contributed by atoms with Gasteiger partial charge in [0.1, 0.15) is 5.82 Å². The molecule has 0 saturated carbocycles. The summed E-state index contributed by atoms with van der Waals surface area (Å²) in [5.41, 5.74) is 1.15. The lowest BCUT2D eigenvalue weighted by atomic mass is 10.1. The fraction of sp³-hybridized carbons (Fsp3) is 0.529. The van der Waals surface area contributed by atoms with Crippen molar-refractivity contribution in [3.8, 4) is 0 Å². The average Bonchev–Trinajstić information content (AvgIpc) is 2.44. The number of hydrogen-bond acceptors (Lipinski definition) is 2. The van der Waals surface area contributed by atoms with Crippen LogP contribution in [0.3, 0.4) is 0 Å². The molecule has 6 heteroatoms. The van der Waals surface area contributed by atoms with Crippen molar-refractivity contribution in [2.24, 2.45) is 4.99 Å². The first-order valence-corrected chi connectivity index (χ1v) is 7.66. The van der Waals surface area contributed by atoms with Gasteiger partial charge in [0.25, 0.3) is 0 Å². The molecule has 0 spiro atoms. The third kappa shape index (κ3) is 6.67. The van der Waals surface area contributed by atoms with E-state index in [4.69, 9.17) is 0 Å². The molecular formula is C17H27FN4O. The van der Waals surface area contributed by atoms with Gasteiger partial charge < -0.3 is 16.0 Å². The van der Waals surface area contributed by atoms with E-state index >= 15 is 0 Å². The maximum Gasteiger partial charge on any atom is 0.239 e. The molecule has 1 aromatic rings. The maximum atomic E-state index is 13.6. The number of aryl methyl sites for hydroxylation is 1. The number of carbonyl (C=O) groups is 1. The molecule has 0 aliphatic heterocycles. The Morgan fingerprint density at radius 3 is 2.52 bits per heavy atom. The molecule has 0 bridgehead atoms. The van der Waals surface area contributed by atoms with Crippen LogP contribution < -0.4 is 16.0 Å². The van der Waals surface area contributed by atoms with Crippen molar-refractivity contribution in [2.75, 3.05) is 13.6 Å². The van der Waals surface area contributed by atoms with Gasteiger partial charge in [-0.05, 0) is 51.8 Å². The normalized spacial score (nSPS) is 13.4. The van der Waals surface area contributed by atoms with Gasteiger partial charge in [-0.15, -0.1) is 0 Å². The van der Waals surface area contributed by atoms with Gasteiger partial charge in [-0.25, -0.2) is 4.39 Å². The Bertz CT molecular complexity index is 578. The summed E-state index contributed by atoms with van der Waals surface area (Å²) < 4.78 is 13.6. The number of rotatable bonds is 4. The van der Waals surface area contributed by atoms with Crippen LogP contribution in [-0.2, 0) is 4.79 Å². The van der Waals surface area contributed by atoms with Crippen molar-refractivity contribution in [2.45, 2.75) is 46.2 Å². The first-order valence-electron chi connectivity index (χ1n) is 7.66. The molecule has 0 fully saturated rings. The zero-order valence-electron chi connectivity index (χ0n) is 14.7. The number of nitrogens with zero attached hydrogens (tertiary/aromatic N) is 1. The molecule has 0 radical (unpaired) electrons. The number of guanidine groups is 1. The van der Waals surface area contributed by atoms with Gasteiger partial charge in [-0.3, -0.25) is 9.79 Å². The highest BCUT2D eigenvalue weighted by Crippen LogP contribution is 2.16. The molecule has 128 valence electrons. The van der Waals surface area contributed by atoms with Crippen LogP contribution in [0.2, 0.25) is 0 Å².